The zero-order valence-corrected chi connectivity index (χ0v) is 20.4. The maximum atomic E-state index is 4.84. The Labute approximate surface area is 214 Å². The Hall–Kier alpha value is -4.74. The van der Waals surface area contributed by atoms with Crippen molar-refractivity contribution in [1.29, 1.82) is 0 Å². The van der Waals surface area contributed by atoms with Crippen molar-refractivity contribution in [2.24, 2.45) is 0 Å². The molecule has 0 fully saturated rings. The molecular weight excluding hydrogens is 472 g/mol. The first-order valence-electron chi connectivity index (χ1n) is 12.3. The number of hydrogen-bond donors (Lipinski definition) is 0. The summed E-state index contributed by atoms with van der Waals surface area (Å²) >= 11 is 1.88. The lowest BCUT2D eigenvalue weighted by atomic mass is 10.0. The minimum absolute atomic E-state index is 0.953. The number of imidazole rings is 1. The quantitative estimate of drug-likeness (QED) is 0.216. The summed E-state index contributed by atoms with van der Waals surface area (Å²) in [5.74, 6) is 0. The van der Waals surface area contributed by atoms with Gasteiger partial charge in [0.25, 0.3) is 0 Å². The number of pyridine rings is 2. The lowest BCUT2D eigenvalue weighted by Crippen LogP contribution is -1.95. The highest BCUT2D eigenvalue weighted by molar-refractivity contribution is 7.26. The average molecular weight is 491 g/mol. The van der Waals surface area contributed by atoms with Crippen LogP contribution in [0.2, 0.25) is 0 Å². The van der Waals surface area contributed by atoms with Crippen molar-refractivity contribution in [2.45, 2.75) is 0 Å². The van der Waals surface area contributed by atoms with E-state index in [0.29, 0.717) is 0 Å². The van der Waals surface area contributed by atoms with Gasteiger partial charge in [0.05, 0.1) is 22.1 Å². The molecule has 0 unspecified atom stereocenters. The van der Waals surface area contributed by atoms with Gasteiger partial charge >= 0.3 is 0 Å². The predicted molar refractivity (Wildman–Crippen MR) is 155 cm³/mol. The third kappa shape index (κ3) is 2.46. The van der Waals surface area contributed by atoms with Crippen LogP contribution in [0.1, 0.15) is 0 Å². The van der Waals surface area contributed by atoms with Crippen molar-refractivity contribution in [1.82, 2.24) is 18.9 Å². The maximum absolute atomic E-state index is 4.84. The van der Waals surface area contributed by atoms with Crippen LogP contribution in [0, 0.1) is 0 Å². The Morgan fingerprint density at radius 3 is 2.43 bits per heavy atom. The lowest BCUT2D eigenvalue weighted by Gasteiger charge is -2.10. The third-order valence-corrected chi connectivity index (χ3v) is 8.81. The molecule has 0 bridgehead atoms. The zero-order chi connectivity index (χ0) is 24.1. The van der Waals surface area contributed by atoms with Crippen LogP contribution in [0.5, 0.6) is 0 Å². The topological polar surface area (TPSA) is 35.1 Å². The molecule has 0 spiro atoms. The van der Waals surface area contributed by atoms with Crippen LogP contribution in [0.4, 0.5) is 0 Å². The lowest BCUT2D eigenvalue weighted by molar-refractivity contribution is 1.18. The molecular formula is C32H18N4S. The van der Waals surface area contributed by atoms with Gasteiger partial charge in [-0.2, -0.15) is 0 Å². The molecule has 9 rings (SSSR count). The van der Waals surface area contributed by atoms with Gasteiger partial charge in [-0.05, 0) is 48.5 Å². The number of aromatic nitrogens is 4. The number of fused-ring (bicyclic) bond motifs is 13. The summed E-state index contributed by atoms with van der Waals surface area (Å²) in [5.41, 5.74) is 6.57. The SMILES string of the molecule is c1ccc(-n2c3cc4c(cc3c3c5sc6ccccc6c5ccc32)c2ncccc2n2ccnc42)cc1. The first kappa shape index (κ1) is 19.4. The Bertz CT molecular complexity index is 2360. The van der Waals surface area contributed by atoms with Gasteiger partial charge in [-0.15, -0.1) is 11.3 Å². The second-order valence-corrected chi connectivity index (χ2v) is 10.6. The fourth-order valence-electron chi connectivity index (χ4n) is 6.06. The van der Waals surface area contributed by atoms with Crippen molar-refractivity contribution in [3.8, 4) is 5.69 Å². The molecule has 0 saturated heterocycles. The largest absolute Gasteiger partial charge is 0.309 e. The third-order valence-electron chi connectivity index (χ3n) is 7.61. The van der Waals surface area contributed by atoms with E-state index in [2.05, 4.69) is 93.9 Å². The van der Waals surface area contributed by atoms with Crippen molar-refractivity contribution < 1.29 is 0 Å². The Kier molecular flexibility index (Phi) is 3.64. The average Bonchev–Trinajstić information content (AvgIpc) is 3.66. The second kappa shape index (κ2) is 6.93. The summed E-state index contributed by atoms with van der Waals surface area (Å²) in [5, 5.41) is 7.41. The van der Waals surface area contributed by atoms with E-state index >= 15 is 0 Å². The van der Waals surface area contributed by atoms with Gasteiger partial charge in [-0.25, -0.2) is 4.98 Å². The van der Waals surface area contributed by atoms with Crippen LogP contribution in [0.25, 0.3) is 75.1 Å². The molecule has 172 valence electrons. The first-order chi connectivity index (χ1) is 18.4. The van der Waals surface area contributed by atoms with Gasteiger partial charge in [0.2, 0.25) is 0 Å². The molecule has 0 atom stereocenters. The molecule has 4 nitrogen and oxygen atoms in total. The molecule has 4 aromatic carbocycles. The van der Waals surface area contributed by atoms with Crippen LogP contribution in [0.3, 0.4) is 0 Å². The standard InChI is InChI=1S/C32H18N4S/c1-2-7-19(8-3-1)36-25-13-12-21-20-9-4-5-11-28(20)37-31(21)29(25)24-17-22-23(18-27(24)36)32-34-15-16-35(32)26-10-6-14-33-30(22)26/h1-18H. The van der Waals surface area contributed by atoms with Crippen LogP contribution < -0.4 is 0 Å². The molecule has 5 heterocycles. The normalized spacial score (nSPS) is 12.3. The predicted octanol–water partition coefficient (Wildman–Crippen LogP) is 8.50. The van der Waals surface area contributed by atoms with Gasteiger partial charge < -0.3 is 4.57 Å². The van der Waals surface area contributed by atoms with Crippen molar-refractivity contribution in [3.05, 3.63) is 110 Å². The van der Waals surface area contributed by atoms with E-state index in [1.165, 1.54) is 42.0 Å². The van der Waals surface area contributed by atoms with Crippen LogP contribution in [-0.4, -0.2) is 18.9 Å². The molecule has 0 amide bonds. The number of benzene rings is 4. The van der Waals surface area contributed by atoms with Gasteiger partial charge in [-0.3, -0.25) is 9.38 Å². The van der Waals surface area contributed by atoms with E-state index in [1.807, 2.05) is 36.0 Å². The molecule has 5 aromatic heterocycles. The van der Waals surface area contributed by atoms with Gasteiger partial charge in [0.1, 0.15) is 5.65 Å². The number of nitrogens with zero attached hydrogens (tertiary/aromatic N) is 4. The first-order valence-corrected chi connectivity index (χ1v) is 13.2. The maximum Gasteiger partial charge on any atom is 0.145 e. The highest BCUT2D eigenvalue weighted by Crippen LogP contribution is 2.44. The summed E-state index contributed by atoms with van der Waals surface area (Å²) in [4.78, 5) is 9.60. The van der Waals surface area contributed by atoms with Crippen molar-refractivity contribution in [2.75, 3.05) is 0 Å². The summed E-state index contributed by atoms with van der Waals surface area (Å²) in [7, 11) is 0. The molecule has 0 saturated carbocycles. The van der Waals surface area contributed by atoms with E-state index in [-0.39, 0.29) is 0 Å². The van der Waals surface area contributed by atoms with Gasteiger partial charge in [0.15, 0.2) is 0 Å². The monoisotopic (exact) mass is 490 g/mol. The number of rotatable bonds is 1. The van der Waals surface area contributed by atoms with E-state index in [0.717, 1.165) is 33.1 Å². The molecule has 37 heavy (non-hydrogen) atoms. The van der Waals surface area contributed by atoms with Crippen LogP contribution in [0.15, 0.2) is 110 Å². The molecule has 0 N–H and O–H groups in total. The number of para-hydroxylation sites is 1. The number of thiophene rings is 1. The van der Waals surface area contributed by atoms with Crippen molar-refractivity contribution >= 4 is 80.8 Å². The van der Waals surface area contributed by atoms with Crippen molar-refractivity contribution in [3.63, 3.8) is 0 Å². The molecule has 0 aliphatic carbocycles. The van der Waals surface area contributed by atoms with E-state index in [1.54, 1.807) is 0 Å². The zero-order valence-electron chi connectivity index (χ0n) is 19.6. The molecule has 0 radical (unpaired) electrons. The minimum Gasteiger partial charge on any atom is -0.309 e. The Balaban J connectivity index is 1.58. The minimum atomic E-state index is 0.953. The fourth-order valence-corrected chi connectivity index (χ4v) is 7.32. The summed E-state index contributed by atoms with van der Waals surface area (Å²) in [6.07, 6.45) is 5.78. The molecule has 9 aromatic rings. The fraction of sp³-hybridized carbons (Fsp3) is 0. The molecule has 0 aliphatic rings. The summed E-state index contributed by atoms with van der Waals surface area (Å²) in [6, 6.07) is 32.7. The van der Waals surface area contributed by atoms with Crippen LogP contribution in [-0.2, 0) is 0 Å². The smallest absolute Gasteiger partial charge is 0.145 e. The summed E-state index contributed by atoms with van der Waals surface area (Å²) in [6.45, 7) is 0. The van der Waals surface area contributed by atoms with Crippen LogP contribution >= 0.6 is 11.3 Å². The van der Waals surface area contributed by atoms with Gasteiger partial charge in [-0.1, -0.05) is 42.5 Å². The Morgan fingerprint density at radius 2 is 1.49 bits per heavy atom. The second-order valence-electron chi connectivity index (χ2n) is 9.51. The molecule has 5 heteroatoms. The van der Waals surface area contributed by atoms with E-state index in [4.69, 9.17) is 9.97 Å². The molecule has 0 aliphatic heterocycles. The van der Waals surface area contributed by atoms with Gasteiger partial charge in [0, 0.05) is 66.0 Å². The highest BCUT2D eigenvalue weighted by Gasteiger charge is 2.20. The number of hydrogen-bond acceptors (Lipinski definition) is 3. The highest BCUT2D eigenvalue weighted by atomic mass is 32.1. The summed E-state index contributed by atoms with van der Waals surface area (Å²) < 4.78 is 7.20. The van der Waals surface area contributed by atoms with E-state index < -0.39 is 0 Å². The Morgan fingerprint density at radius 1 is 0.595 bits per heavy atom. The van der Waals surface area contributed by atoms with E-state index in [9.17, 15) is 0 Å².